The maximum atomic E-state index is 11.1. The van der Waals surface area contributed by atoms with Crippen molar-refractivity contribution in [3.8, 4) is 0 Å². The van der Waals surface area contributed by atoms with Crippen LogP contribution < -0.4 is 4.90 Å². The molecular weight excluding hydrogens is 272 g/mol. The summed E-state index contributed by atoms with van der Waals surface area (Å²) in [5.74, 6) is 0.821. The molecule has 3 heterocycles. The molecule has 5 nitrogen and oxygen atoms in total. The van der Waals surface area contributed by atoms with Crippen molar-refractivity contribution in [3.05, 3.63) is 18.0 Å². The van der Waals surface area contributed by atoms with Gasteiger partial charge in [0.05, 0.1) is 0 Å². The van der Waals surface area contributed by atoms with E-state index in [9.17, 15) is 4.79 Å². The van der Waals surface area contributed by atoms with Crippen LogP contribution in [0.3, 0.4) is 0 Å². The first-order chi connectivity index (χ1) is 9.81. The van der Waals surface area contributed by atoms with Crippen LogP contribution in [0, 0.1) is 0 Å². The Bertz CT molecular complexity index is 640. The molecule has 0 N–H and O–H groups in total. The molecule has 20 heavy (non-hydrogen) atoms. The van der Waals surface area contributed by atoms with Crippen molar-refractivity contribution >= 4 is 34.8 Å². The van der Waals surface area contributed by atoms with Crippen LogP contribution in [0.1, 0.15) is 29.8 Å². The molecule has 1 fully saturated rings. The van der Waals surface area contributed by atoms with E-state index in [0.717, 1.165) is 54.1 Å². The predicted molar refractivity (Wildman–Crippen MR) is 80.6 cm³/mol. The van der Waals surface area contributed by atoms with E-state index in [1.807, 2.05) is 6.26 Å². The van der Waals surface area contributed by atoms with Gasteiger partial charge in [-0.15, -0.1) is 0 Å². The van der Waals surface area contributed by atoms with Crippen molar-refractivity contribution in [2.75, 3.05) is 24.2 Å². The number of aromatic nitrogens is 3. The fourth-order valence-corrected chi connectivity index (χ4v) is 2.85. The number of rotatable bonds is 3. The van der Waals surface area contributed by atoms with Crippen molar-refractivity contribution in [2.24, 2.45) is 0 Å². The Morgan fingerprint density at radius 1 is 1.25 bits per heavy atom. The predicted octanol–water partition coefficient (Wildman–Crippen LogP) is 2.55. The van der Waals surface area contributed by atoms with Gasteiger partial charge in [0.2, 0.25) is 0 Å². The van der Waals surface area contributed by atoms with Gasteiger partial charge in [0.15, 0.2) is 17.3 Å². The number of aldehydes is 1. The number of piperidine rings is 1. The van der Waals surface area contributed by atoms with Gasteiger partial charge in [-0.3, -0.25) is 4.79 Å². The van der Waals surface area contributed by atoms with Gasteiger partial charge in [0, 0.05) is 24.7 Å². The third kappa shape index (κ3) is 2.47. The summed E-state index contributed by atoms with van der Waals surface area (Å²) in [6, 6.07) is 1.75. The molecule has 1 aliphatic heterocycles. The lowest BCUT2D eigenvalue weighted by molar-refractivity contribution is 0.111. The molecule has 0 unspecified atom stereocenters. The maximum Gasteiger partial charge on any atom is 0.187 e. The Morgan fingerprint density at radius 2 is 2.05 bits per heavy atom. The minimum atomic E-state index is 0.443. The zero-order valence-electron chi connectivity index (χ0n) is 11.4. The summed E-state index contributed by atoms with van der Waals surface area (Å²) in [5.41, 5.74) is 1.29. The SMILES string of the molecule is CSc1ncc2cc(C=O)nc(N3CCCCC3)c2n1. The lowest BCUT2D eigenvalue weighted by Gasteiger charge is -2.28. The monoisotopic (exact) mass is 288 g/mol. The van der Waals surface area contributed by atoms with E-state index >= 15 is 0 Å². The standard InChI is InChI=1S/C14H16N4OS/c1-20-14-15-8-10-7-11(9-19)16-13(12(10)17-14)18-5-3-2-4-6-18/h7-9H,2-6H2,1H3. The third-order valence-electron chi connectivity index (χ3n) is 3.50. The molecule has 0 spiro atoms. The van der Waals surface area contributed by atoms with Gasteiger partial charge in [-0.05, 0) is 31.6 Å². The molecular formula is C14H16N4OS. The van der Waals surface area contributed by atoms with Crippen LogP contribution >= 0.6 is 11.8 Å². The van der Waals surface area contributed by atoms with Crippen LogP contribution in [0.5, 0.6) is 0 Å². The van der Waals surface area contributed by atoms with Crippen molar-refractivity contribution < 1.29 is 4.79 Å². The van der Waals surface area contributed by atoms with E-state index < -0.39 is 0 Å². The number of thioether (sulfide) groups is 1. The van der Waals surface area contributed by atoms with Gasteiger partial charge in [0.25, 0.3) is 0 Å². The molecule has 3 rings (SSSR count). The summed E-state index contributed by atoms with van der Waals surface area (Å²) in [7, 11) is 0. The molecule has 1 saturated heterocycles. The van der Waals surface area contributed by atoms with Crippen LogP contribution in [-0.2, 0) is 0 Å². The van der Waals surface area contributed by atoms with Crippen LogP contribution in [0.25, 0.3) is 10.9 Å². The number of pyridine rings is 1. The minimum absolute atomic E-state index is 0.443. The topological polar surface area (TPSA) is 59.0 Å². The summed E-state index contributed by atoms with van der Waals surface area (Å²) in [5, 5.41) is 1.61. The van der Waals surface area contributed by atoms with E-state index in [-0.39, 0.29) is 0 Å². The lowest BCUT2D eigenvalue weighted by atomic mass is 10.1. The van der Waals surface area contributed by atoms with E-state index in [4.69, 9.17) is 0 Å². The zero-order valence-corrected chi connectivity index (χ0v) is 12.2. The third-order valence-corrected chi connectivity index (χ3v) is 4.07. The Morgan fingerprint density at radius 3 is 2.75 bits per heavy atom. The molecule has 0 aromatic carbocycles. The molecule has 2 aromatic rings. The molecule has 0 bridgehead atoms. The summed E-state index contributed by atoms with van der Waals surface area (Å²) in [4.78, 5) is 26.6. The molecule has 0 aliphatic carbocycles. The average Bonchev–Trinajstić information content (AvgIpc) is 2.54. The highest BCUT2D eigenvalue weighted by Gasteiger charge is 2.17. The molecule has 1 aliphatic rings. The molecule has 0 saturated carbocycles. The molecule has 104 valence electrons. The van der Waals surface area contributed by atoms with E-state index in [1.54, 1.807) is 12.3 Å². The Kier molecular flexibility index (Phi) is 3.82. The Hall–Kier alpha value is -1.69. The van der Waals surface area contributed by atoms with Gasteiger partial charge in [-0.1, -0.05) is 11.8 Å². The van der Waals surface area contributed by atoms with Crippen molar-refractivity contribution in [2.45, 2.75) is 24.4 Å². The van der Waals surface area contributed by atoms with Crippen molar-refractivity contribution in [1.82, 2.24) is 15.0 Å². The van der Waals surface area contributed by atoms with Crippen molar-refractivity contribution in [3.63, 3.8) is 0 Å². The Labute approximate surface area is 121 Å². The van der Waals surface area contributed by atoms with Crippen LogP contribution in [0.4, 0.5) is 5.82 Å². The number of carbonyl (C=O) groups is 1. The second-order valence-electron chi connectivity index (χ2n) is 4.83. The van der Waals surface area contributed by atoms with E-state index in [0.29, 0.717) is 5.69 Å². The number of anilines is 1. The zero-order chi connectivity index (χ0) is 13.9. The second kappa shape index (κ2) is 5.75. The van der Waals surface area contributed by atoms with Crippen LogP contribution in [0.2, 0.25) is 0 Å². The lowest BCUT2D eigenvalue weighted by Crippen LogP contribution is -2.30. The summed E-state index contributed by atoms with van der Waals surface area (Å²) in [6.45, 7) is 1.95. The highest BCUT2D eigenvalue weighted by molar-refractivity contribution is 7.98. The van der Waals surface area contributed by atoms with Crippen LogP contribution in [-0.4, -0.2) is 40.6 Å². The molecule has 0 radical (unpaired) electrons. The molecule has 2 aromatic heterocycles. The average molecular weight is 288 g/mol. The number of nitrogens with zero attached hydrogens (tertiary/aromatic N) is 4. The first-order valence-corrected chi connectivity index (χ1v) is 7.96. The fraction of sp³-hybridized carbons (Fsp3) is 0.429. The molecule has 6 heteroatoms. The Balaban J connectivity index is 2.17. The summed E-state index contributed by atoms with van der Waals surface area (Å²) >= 11 is 1.51. The van der Waals surface area contributed by atoms with E-state index in [1.165, 1.54) is 18.2 Å². The summed E-state index contributed by atoms with van der Waals surface area (Å²) < 4.78 is 0. The first kappa shape index (κ1) is 13.3. The number of carbonyl (C=O) groups excluding carboxylic acids is 1. The quantitative estimate of drug-likeness (QED) is 0.491. The van der Waals surface area contributed by atoms with Crippen LogP contribution in [0.15, 0.2) is 17.4 Å². The smallest absolute Gasteiger partial charge is 0.187 e. The highest BCUT2D eigenvalue weighted by atomic mass is 32.2. The molecule has 0 amide bonds. The van der Waals surface area contributed by atoms with Gasteiger partial charge in [-0.2, -0.15) is 0 Å². The number of fused-ring (bicyclic) bond motifs is 1. The highest BCUT2D eigenvalue weighted by Crippen LogP contribution is 2.27. The fourth-order valence-electron chi connectivity index (χ4n) is 2.51. The summed E-state index contributed by atoms with van der Waals surface area (Å²) in [6.07, 6.45) is 8.09. The largest absolute Gasteiger partial charge is 0.355 e. The van der Waals surface area contributed by atoms with Gasteiger partial charge < -0.3 is 4.90 Å². The van der Waals surface area contributed by atoms with Gasteiger partial charge in [-0.25, -0.2) is 15.0 Å². The molecule has 0 atom stereocenters. The minimum Gasteiger partial charge on any atom is -0.355 e. The van der Waals surface area contributed by atoms with E-state index in [2.05, 4.69) is 19.9 Å². The van der Waals surface area contributed by atoms with Gasteiger partial charge in [0.1, 0.15) is 11.2 Å². The normalized spacial score (nSPS) is 15.6. The maximum absolute atomic E-state index is 11.1. The first-order valence-electron chi connectivity index (χ1n) is 6.74. The van der Waals surface area contributed by atoms with Crippen molar-refractivity contribution in [1.29, 1.82) is 0 Å². The second-order valence-corrected chi connectivity index (χ2v) is 5.60. The number of hydrogen-bond donors (Lipinski definition) is 0. The number of hydrogen-bond acceptors (Lipinski definition) is 6. The van der Waals surface area contributed by atoms with Gasteiger partial charge >= 0.3 is 0 Å².